The molecule has 0 aliphatic heterocycles. The van der Waals surface area contributed by atoms with Gasteiger partial charge in [-0.1, -0.05) is 25.0 Å². The highest BCUT2D eigenvalue weighted by molar-refractivity contribution is 5.28. The Morgan fingerprint density at radius 2 is 1.58 bits per heavy atom. The number of hydrogen-bond acceptors (Lipinski definition) is 1. The number of benzene rings is 1. The van der Waals surface area contributed by atoms with Gasteiger partial charge in [0.1, 0.15) is 5.75 Å². The first-order valence-corrected chi connectivity index (χ1v) is 4.65. The van der Waals surface area contributed by atoms with Crippen LogP contribution >= 0.6 is 0 Å². The summed E-state index contributed by atoms with van der Waals surface area (Å²) in [5.41, 5.74) is 1.39. The number of hydrogen-bond donors (Lipinski definition) is 1. The Morgan fingerprint density at radius 1 is 1.00 bits per heavy atom. The van der Waals surface area contributed by atoms with Gasteiger partial charge >= 0.3 is 0 Å². The van der Waals surface area contributed by atoms with E-state index in [0.717, 1.165) is 5.92 Å². The fraction of sp³-hybridized carbons (Fsp3) is 0.455. The van der Waals surface area contributed by atoms with Gasteiger partial charge in [-0.15, -0.1) is 0 Å². The minimum Gasteiger partial charge on any atom is -0.508 e. The summed E-state index contributed by atoms with van der Waals surface area (Å²) in [6, 6.07) is 7.66. The third-order valence-electron chi connectivity index (χ3n) is 2.72. The molecule has 1 aliphatic carbocycles. The Labute approximate surface area is 73.0 Å². The van der Waals surface area contributed by atoms with E-state index in [4.69, 9.17) is 5.11 Å². The van der Waals surface area contributed by atoms with Crippen LogP contribution in [0.4, 0.5) is 0 Å². The van der Waals surface area contributed by atoms with Gasteiger partial charge in [0.05, 0.1) is 0 Å². The number of aromatic hydroxyl groups is 1. The van der Waals surface area contributed by atoms with E-state index < -0.39 is 0 Å². The maximum Gasteiger partial charge on any atom is 0.115 e. The van der Waals surface area contributed by atoms with Gasteiger partial charge in [0, 0.05) is 0 Å². The van der Waals surface area contributed by atoms with Crippen molar-refractivity contribution in [2.24, 2.45) is 0 Å². The van der Waals surface area contributed by atoms with Gasteiger partial charge in [-0.2, -0.15) is 0 Å². The van der Waals surface area contributed by atoms with Crippen LogP contribution < -0.4 is 0 Å². The van der Waals surface area contributed by atoms with Crippen molar-refractivity contribution in [2.75, 3.05) is 0 Å². The van der Waals surface area contributed by atoms with Gasteiger partial charge < -0.3 is 5.11 Å². The summed E-state index contributed by atoms with van der Waals surface area (Å²) in [6.07, 6.45) is 5.38. The maximum atomic E-state index is 9.10. The highest BCUT2D eigenvalue weighted by atomic mass is 16.3. The fourth-order valence-corrected chi connectivity index (χ4v) is 2.01. The Bertz CT molecular complexity index is 244. The molecule has 1 nitrogen and oxygen atoms in total. The summed E-state index contributed by atoms with van der Waals surface area (Å²) in [5, 5.41) is 9.10. The molecule has 0 amide bonds. The lowest BCUT2D eigenvalue weighted by atomic mass is 9.98. The summed E-state index contributed by atoms with van der Waals surface area (Å²) in [4.78, 5) is 0. The Kier molecular flexibility index (Phi) is 2.03. The lowest BCUT2D eigenvalue weighted by Gasteiger charge is -2.08. The Hall–Kier alpha value is -0.980. The van der Waals surface area contributed by atoms with Crippen LogP contribution in [0, 0.1) is 0 Å². The average molecular weight is 162 g/mol. The predicted octanol–water partition coefficient (Wildman–Crippen LogP) is 3.05. The molecule has 1 heteroatoms. The van der Waals surface area contributed by atoms with Gasteiger partial charge in [-0.05, 0) is 36.5 Å². The first-order valence-electron chi connectivity index (χ1n) is 4.65. The first-order chi connectivity index (χ1) is 5.86. The second-order valence-electron chi connectivity index (χ2n) is 3.57. The minimum atomic E-state index is 0.372. The summed E-state index contributed by atoms with van der Waals surface area (Å²) >= 11 is 0. The molecule has 1 aromatic rings. The number of phenols is 1. The SMILES string of the molecule is Oc1ccc(C2CCCC2)cc1. The largest absolute Gasteiger partial charge is 0.508 e. The molecule has 0 spiro atoms. The van der Waals surface area contributed by atoms with Crippen molar-refractivity contribution >= 4 is 0 Å². The lowest BCUT2D eigenvalue weighted by Crippen LogP contribution is -1.90. The molecule has 1 N–H and O–H groups in total. The van der Waals surface area contributed by atoms with Crippen LogP contribution in [0.25, 0.3) is 0 Å². The number of rotatable bonds is 1. The smallest absolute Gasteiger partial charge is 0.115 e. The topological polar surface area (TPSA) is 20.2 Å². The van der Waals surface area contributed by atoms with Gasteiger partial charge in [0.2, 0.25) is 0 Å². The second kappa shape index (κ2) is 3.18. The molecule has 0 aromatic heterocycles. The monoisotopic (exact) mass is 162 g/mol. The van der Waals surface area contributed by atoms with Crippen molar-refractivity contribution in [3.63, 3.8) is 0 Å². The van der Waals surface area contributed by atoms with Crippen molar-refractivity contribution in [1.29, 1.82) is 0 Å². The highest BCUT2D eigenvalue weighted by Crippen LogP contribution is 2.34. The van der Waals surface area contributed by atoms with Crippen molar-refractivity contribution in [3.05, 3.63) is 29.8 Å². The zero-order valence-electron chi connectivity index (χ0n) is 7.16. The van der Waals surface area contributed by atoms with Crippen LogP contribution in [0.1, 0.15) is 37.2 Å². The van der Waals surface area contributed by atoms with E-state index >= 15 is 0 Å². The third-order valence-corrected chi connectivity index (χ3v) is 2.72. The number of phenolic OH excluding ortho intramolecular Hbond substituents is 1. The zero-order chi connectivity index (χ0) is 8.39. The molecule has 0 bridgehead atoms. The van der Waals surface area contributed by atoms with Crippen LogP contribution in [0.5, 0.6) is 5.75 Å². The second-order valence-corrected chi connectivity index (χ2v) is 3.57. The summed E-state index contributed by atoms with van der Waals surface area (Å²) < 4.78 is 0. The highest BCUT2D eigenvalue weighted by Gasteiger charge is 2.16. The fourth-order valence-electron chi connectivity index (χ4n) is 2.01. The zero-order valence-corrected chi connectivity index (χ0v) is 7.16. The van der Waals surface area contributed by atoms with Gasteiger partial charge in [-0.25, -0.2) is 0 Å². The van der Waals surface area contributed by atoms with Gasteiger partial charge in [-0.3, -0.25) is 0 Å². The van der Waals surface area contributed by atoms with Gasteiger partial charge in [0.15, 0.2) is 0 Å². The van der Waals surface area contributed by atoms with E-state index in [0.29, 0.717) is 5.75 Å². The summed E-state index contributed by atoms with van der Waals surface area (Å²) in [5.74, 6) is 1.13. The molecule has 1 fully saturated rings. The molecule has 1 aromatic carbocycles. The van der Waals surface area contributed by atoms with Gasteiger partial charge in [0.25, 0.3) is 0 Å². The first kappa shape index (κ1) is 7.66. The van der Waals surface area contributed by atoms with E-state index in [2.05, 4.69) is 0 Å². The quantitative estimate of drug-likeness (QED) is 0.673. The summed E-state index contributed by atoms with van der Waals surface area (Å²) in [7, 11) is 0. The molecular weight excluding hydrogens is 148 g/mol. The van der Waals surface area contributed by atoms with Crippen LogP contribution in [-0.2, 0) is 0 Å². The van der Waals surface area contributed by atoms with E-state index in [9.17, 15) is 0 Å². The predicted molar refractivity (Wildman–Crippen MR) is 49.3 cm³/mol. The van der Waals surface area contributed by atoms with Crippen LogP contribution in [0.15, 0.2) is 24.3 Å². The summed E-state index contributed by atoms with van der Waals surface area (Å²) in [6.45, 7) is 0. The molecule has 0 atom stereocenters. The third kappa shape index (κ3) is 1.45. The molecule has 0 heterocycles. The van der Waals surface area contributed by atoms with Crippen molar-refractivity contribution in [1.82, 2.24) is 0 Å². The van der Waals surface area contributed by atoms with Crippen LogP contribution in [-0.4, -0.2) is 5.11 Å². The minimum absolute atomic E-state index is 0.372. The molecule has 1 saturated carbocycles. The molecule has 0 saturated heterocycles. The molecule has 0 unspecified atom stereocenters. The molecule has 2 rings (SSSR count). The van der Waals surface area contributed by atoms with E-state index in [-0.39, 0.29) is 0 Å². The van der Waals surface area contributed by atoms with Crippen molar-refractivity contribution in [2.45, 2.75) is 31.6 Å². The lowest BCUT2D eigenvalue weighted by molar-refractivity contribution is 0.475. The van der Waals surface area contributed by atoms with Crippen molar-refractivity contribution in [3.8, 4) is 5.75 Å². The molecule has 12 heavy (non-hydrogen) atoms. The van der Waals surface area contributed by atoms with Crippen LogP contribution in [0.3, 0.4) is 0 Å². The Morgan fingerprint density at radius 3 is 2.17 bits per heavy atom. The molecule has 0 radical (unpaired) electrons. The average Bonchev–Trinajstić information content (AvgIpc) is 2.58. The van der Waals surface area contributed by atoms with E-state index in [1.165, 1.54) is 31.2 Å². The normalized spacial score (nSPS) is 18.3. The maximum absolute atomic E-state index is 9.10. The standard InChI is InChI=1S/C11H14O/c12-11-7-5-10(6-8-11)9-3-1-2-4-9/h5-9,12H,1-4H2. The molecule has 1 aliphatic rings. The van der Waals surface area contributed by atoms with E-state index in [1.54, 1.807) is 12.1 Å². The van der Waals surface area contributed by atoms with Crippen LogP contribution in [0.2, 0.25) is 0 Å². The molecular formula is C11H14O. The Balaban J connectivity index is 2.17. The van der Waals surface area contributed by atoms with E-state index in [1.807, 2.05) is 12.1 Å². The molecule has 64 valence electrons. The van der Waals surface area contributed by atoms with Crippen molar-refractivity contribution < 1.29 is 5.11 Å².